The molecular weight excluding hydrogens is 414 g/mol. The molecule has 0 bridgehead atoms. The van der Waals surface area contributed by atoms with Crippen LogP contribution in [0.15, 0.2) is 69.6 Å². The lowest BCUT2D eigenvalue weighted by atomic mass is 10.1. The van der Waals surface area contributed by atoms with E-state index in [1.807, 2.05) is 0 Å². The van der Waals surface area contributed by atoms with Gasteiger partial charge in [0.1, 0.15) is 17.3 Å². The number of halogens is 1. The highest BCUT2D eigenvalue weighted by Crippen LogP contribution is 2.32. The van der Waals surface area contributed by atoms with Crippen LogP contribution in [0.5, 0.6) is 5.75 Å². The molecule has 7 heteroatoms. The molecule has 2 aromatic carbocycles. The molecule has 0 amide bonds. The van der Waals surface area contributed by atoms with Gasteiger partial charge in [-0.25, -0.2) is 0 Å². The van der Waals surface area contributed by atoms with Crippen molar-refractivity contribution in [2.45, 2.75) is 0 Å². The van der Waals surface area contributed by atoms with Crippen molar-refractivity contribution in [2.75, 3.05) is 7.11 Å². The minimum absolute atomic E-state index is 0.0117. The van der Waals surface area contributed by atoms with Crippen LogP contribution in [0.1, 0.15) is 16.1 Å². The van der Waals surface area contributed by atoms with E-state index in [1.165, 1.54) is 18.2 Å². The number of ketones is 1. The highest BCUT2D eigenvalue weighted by molar-refractivity contribution is 9.10. The normalized spacial score (nSPS) is 10.9. The van der Waals surface area contributed by atoms with Crippen molar-refractivity contribution in [1.82, 2.24) is 0 Å². The fourth-order valence-corrected chi connectivity index (χ4v) is 2.98. The SMILES string of the molecule is COc1ccc(C(=O)C=Cc2ccc(-c3ccc([N+](=O)[O-])cc3Br)o2)cc1. The van der Waals surface area contributed by atoms with Crippen molar-refractivity contribution in [1.29, 1.82) is 0 Å². The molecule has 0 saturated heterocycles. The fourth-order valence-electron chi connectivity index (χ4n) is 2.41. The minimum atomic E-state index is -0.463. The summed E-state index contributed by atoms with van der Waals surface area (Å²) >= 11 is 3.32. The standard InChI is InChI=1S/C20H14BrNO5/c1-26-15-5-2-13(3-6-15)19(23)10-7-16-8-11-20(27-16)17-9-4-14(22(24)25)12-18(17)21/h2-12H,1H3. The fraction of sp³-hybridized carbons (Fsp3) is 0.0500. The summed E-state index contributed by atoms with van der Waals surface area (Å²) in [5.41, 5.74) is 1.21. The number of ether oxygens (including phenoxy) is 1. The maximum absolute atomic E-state index is 12.2. The quantitative estimate of drug-likeness (QED) is 0.223. The van der Waals surface area contributed by atoms with E-state index < -0.39 is 4.92 Å². The third-order valence-corrected chi connectivity index (χ3v) is 4.49. The molecule has 0 atom stereocenters. The molecule has 136 valence electrons. The van der Waals surface area contributed by atoms with Crippen LogP contribution in [0.4, 0.5) is 5.69 Å². The summed E-state index contributed by atoms with van der Waals surface area (Å²) < 4.78 is 11.3. The van der Waals surface area contributed by atoms with Gasteiger partial charge in [0.2, 0.25) is 0 Å². The lowest BCUT2D eigenvalue weighted by Crippen LogP contribution is -1.93. The number of methoxy groups -OCH3 is 1. The number of allylic oxidation sites excluding steroid dienone is 1. The Kier molecular flexibility index (Phi) is 5.52. The first-order valence-corrected chi connectivity index (χ1v) is 8.68. The minimum Gasteiger partial charge on any atom is -0.497 e. The lowest BCUT2D eigenvalue weighted by molar-refractivity contribution is -0.384. The van der Waals surface area contributed by atoms with Crippen molar-refractivity contribution in [3.63, 3.8) is 0 Å². The molecule has 1 aromatic heterocycles. The first-order valence-electron chi connectivity index (χ1n) is 7.88. The van der Waals surface area contributed by atoms with E-state index >= 15 is 0 Å². The average molecular weight is 428 g/mol. The van der Waals surface area contributed by atoms with Gasteiger partial charge in [0, 0.05) is 27.7 Å². The van der Waals surface area contributed by atoms with Gasteiger partial charge in [-0.15, -0.1) is 0 Å². The maximum atomic E-state index is 12.2. The molecule has 0 aliphatic carbocycles. The van der Waals surface area contributed by atoms with Gasteiger partial charge >= 0.3 is 0 Å². The van der Waals surface area contributed by atoms with E-state index in [4.69, 9.17) is 9.15 Å². The lowest BCUT2D eigenvalue weighted by Gasteiger charge is -2.01. The molecule has 6 nitrogen and oxygen atoms in total. The number of hydrogen-bond donors (Lipinski definition) is 0. The summed E-state index contributed by atoms with van der Waals surface area (Å²) in [4.78, 5) is 22.6. The summed E-state index contributed by atoms with van der Waals surface area (Å²) in [5.74, 6) is 1.55. The van der Waals surface area contributed by atoms with Crippen molar-refractivity contribution >= 4 is 33.5 Å². The Labute approximate surface area is 163 Å². The smallest absolute Gasteiger partial charge is 0.270 e. The van der Waals surface area contributed by atoms with Gasteiger partial charge in [0.25, 0.3) is 5.69 Å². The summed E-state index contributed by atoms with van der Waals surface area (Å²) in [6, 6.07) is 14.7. The molecule has 0 saturated carbocycles. The predicted octanol–water partition coefficient (Wildman–Crippen LogP) is 5.52. The number of hydrogen-bond acceptors (Lipinski definition) is 5. The van der Waals surface area contributed by atoms with Gasteiger partial charge in [0.15, 0.2) is 5.78 Å². The van der Waals surface area contributed by atoms with Crippen molar-refractivity contribution in [3.05, 3.63) is 86.6 Å². The Morgan fingerprint density at radius 1 is 1.15 bits per heavy atom. The Morgan fingerprint density at radius 2 is 1.89 bits per heavy atom. The molecular formula is C20H14BrNO5. The van der Waals surface area contributed by atoms with Gasteiger partial charge in [0.05, 0.1) is 12.0 Å². The van der Waals surface area contributed by atoms with Gasteiger partial charge < -0.3 is 9.15 Å². The molecule has 0 radical (unpaired) electrons. The van der Waals surface area contributed by atoms with Crippen molar-refractivity contribution in [2.24, 2.45) is 0 Å². The van der Waals surface area contributed by atoms with E-state index in [1.54, 1.807) is 55.7 Å². The van der Waals surface area contributed by atoms with Crippen LogP contribution in [0.3, 0.4) is 0 Å². The number of rotatable bonds is 6. The molecule has 0 fully saturated rings. The second-order valence-corrected chi connectivity index (χ2v) is 6.40. The van der Waals surface area contributed by atoms with E-state index in [0.29, 0.717) is 32.9 Å². The summed E-state index contributed by atoms with van der Waals surface area (Å²) in [7, 11) is 1.56. The monoisotopic (exact) mass is 427 g/mol. The zero-order valence-electron chi connectivity index (χ0n) is 14.2. The van der Waals surface area contributed by atoms with Crippen LogP contribution < -0.4 is 4.74 Å². The van der Waals surface area contributed by atoms with Gasteiger partial charge in [-0.3, -0.25) is 14.9 Å². The number of non-ortho nitro benzene ring substituents is 1. The van der Waals surface area contributed by atoms with Crippen molar-refractivity contribution in [3.8, 4) is 17.1 Å². The zero-order valence-corrected chi connectivity index (χ0v) is 15.8. The average Bonchev–Trinajstić information content (AvgIpc) is 3.14. The van der Waals surface area contributed by atoms with E-state index in [0.717, 1.165) is 0 Å². The first kappa shape index (κ1) is 18.6. The van der Waals surface area contributed by atoms with Gasteiger partial charge in [-0.05, 0) is 70.5 Å². The number of benzene rings is 2. The Bertz CT molecular complexity index is 1020. The molecule has 0 N–H and O–H groups in total. The third kappa shape index (κ3) is 4.32. The van der Waals surface area contributed by atoms with Crippen LogP contribution in [0.2, 0.25) is 0 Å². The molecule has 1 heterocycles. The number of nitro groups is 1. The second kappa shape index (κ2) is 8.01. The van der Waals surface area contributed by atoms with Gasteiger partial charge in [-0.2, -0.15) is 0 Å². The highest BCUT2D eigenvalue weighted by Gasteiger charge is 2.13. The summed E-state index contributed by atoms with van der Waals surface area (Å²) in [6.07, 6.45) is 3.00. The predicted molar refractivity (Wildman–Crippen MR) is 105 cm³/mol. The third-order valence-electron chi connectivity index (χ3n) is 3.83. The zero-order chi connectivity index (χ0) is 19.4. The largest absolute Gasteiger partial charge is 0.497 e. The number of furan rings is 1. The van der Waals surface area contributed by atoms with E-state index in [9.17, 15) is 14.9 Å². The Morgan fingerprint density at radius 3 is 2.52 bits per heavy atom. The molecule has 0 unspecified atom stereocenters. The van der Waals surface area contributed by atoms with Crippen LogP contribution in [0, 0.1) is 10.1 Å². The van der Waals surface area contributed by atoms with Crippen molar-refractivity contribution < 1.29 is 18.9 Å². The van der Waals surface area contributed by atoms with Crippen LogP contribution >= 0.6 is 15.9 Å². The maximum Gasteiger partial charge on any atom is 0.270 e. The van der Waals surface area contributed by atoms with Crippen LogP contribution in [0.25, 0.3) is 17.4 Å². The highest BCUT2D eigenvalue weighted by atomic mass is 79.9. The molecule has 0 spiro atoms. The molecule has 3 aromatic rings. The number of nitro benzene ring substituents is 1. The van der Waals surface area contributed by atoms with E-state index in [-0.39, 0.29) is 11.5 Å². The second-order valence-electron chi connectivity index (χ2n) is 5.55. The number of carbonyl (C=O) groups is 1. The Balaban J connectivity index is 1.76. The Hall–Kier alpha value is -3.19. The van der Waals surface area contributed by atoms with Crippen LogP contribution in [-0.4, -0.2) is 17.8 Å². The summed E-state index contributed by atoms with van der Waals surface area (Å²) in [6.45, 7) is 0. The molecule has 0 aliphatic heterocycles. The van der Waals surface area contributed by atoms with Gasteiger partial charge in [-0.1, -0.05) is 0 Å². The first-order chi connectivity index (χ1) is 13.0. The van der Waals surface area contributed by atoms with E-state index in [2.05, 4.69) is 15.9 Å². The topological polar surface area (TPSA) is 82.6 Å². The summed E-state index contributed by atoms with van der Waals surface area (Å²) in [5, 5.41) is 10.8. The number of carbonyl (C=O) groups excluding carboxylic acids is 1. The number of nitrogens with zero attached hydrogens (tertiary/aromatic N) is 1. The molecule has 27 heavy (non-hydrogen) atoms. The molecule has 0 aliphatic rings. The van der Waals surface area contributed by atoms with Crippen LogP contribution in [-0.2, 0) is 0 Å². The molecule has 3 rings (SSSR count).